The Labute approximate surface area is 111 Å². The first-order valence-corrected chi connectivity index (χ1v) is 6.80. The monoisotopic (exact) mass is 295 g/mol. The quantitative estimate of drug-likeness (QED) is 0.915. The lowest BCUT2D eigenvalue weighted by molar-refractivity contribution is -0.125. The number of aryl methyl sites for hydroxylation is 1. The van der Waals surface area contributed by atoms with Gasteiger partial charge in [-0.05, 0) is 48.4 Å². The van der Waals surface area contributed by atoms with Crippen LogP contribution in [0.4, 0.5) is 0 Å². The highest BCUT2D eigenvalue weighted by atomic mass is 79.9. The third kappa shape index (κ3) is 2.39. The normalized spacial score (nSPS) is 14.8. The lowest BCUT2D eigenvalue weighted by Gasteiger charge is -2.23. The average molecular weight is 296 g/mol. The number of hydrogen-bond acceptors (Lipinski definition) is 1. The van der Waals surface area contributed by atoms with Crippen molar-refractivity contribution in [3.63, 3.8) is 0 Å². The van der Waals surface area contributed by atoms with Crippen LogP contribution >= 0.6 is 15.9 Å². The van der Waals surface area contributed by atoms with Gasteiger partial charge in [0.15, 0.2) is 0 Å². The molecule has 1 amide bonds. The minimum Gasteiger partial charge on any atom is -0.369 e. The van der Waals surface area contributed by atoms with E-state index in [9.17, 15) is 4.79 Å². The summed E-state index contributed by atoms with van der Waals surface area (Å²) < 4.78 is 1.10. The van der Waals surface area contributed by atoms with Gasteiger partial charge in [0.2, 0.25) is 5.91 Å². The highest BCUT2D eigenvalue weighted by molar-refractivity contribution is 9.10. The van der Waals surface area contributed by atoms with Crippen LogP contribution in [0.15, 0.2) is 16.6 Å². The fraction of sp³-hybridized carbons (Fsp3) is 0.500. The predicted octanol–water partition coefficient (Wildman–Crippen LogP) is 2.99. The molecule has 92 valence electrons. The number of fused-ring (bicyclic) bond motifs is 1. The molecule has 2 N–H and O–H groups in total. The largest absolute Gasteiger partial charge is 0.369 e. The molecule has 0 spiro atoms. The molecule has 3 heteroatoms. The van der Waals surface area contributed by atoms with Gasteiger partial charge >= 0.3 is 0 Å². The van der Waals surface area contributed by atoms with Gasteiger partial charge in [0, 0.05) is 9.89 Å². The smallest absolute Gasteiger partial charge is 0.223 e. The van der Waals surface area contributed by atoms with Crippen LogP contribution in [0.2, 0.25) is 0 Å². The van der Waals surface area contributed by atoms with Gasteiger partial charge in [-0.25, -0.2) is 0 Å². The minimum atomic E-state index is -0.486. The molecule has 1 aliphatic carbocycles. The first-order valence-electron chi connectivity index (χ1n) is 6.01. The van der Waals surface area contributed by atoms with Crippen molar-refractivity contribution in [1.29, 1.82) is 0 Å². The Bertz CT molecular complexity index is 466. The molecule has 0 saturated heterocycles. The number of benzene rings is 1. The van der Waals surface area contributed by atoms with Crippen molar-refractivity contribution in [2.45, 2.75) is 39.5 Å². The zero-order valence-electron chi connectivity index (χ0n) is 10.3. The summed E-state index contributed by atoms with van der Waals surface area (Å²) >= 11 is 3.60. The molecular formula is C14H18BrNO. The van der Waals surface area contributed by atoms with Crippen molar-refractivity contribution in [1.82, 2.24) is 0 Å². The zero-order valence-corrected chi connectivity index (χ0v) is 11.9. The van der Waals surface area contributed by atoms with Crippen LogP contribution < -0.4 is 5.73 Å². The summed E-state index contributed by atoms with van der Waals surface area (Å²) in [5, 5.41) is 0. The van der Waals surface area contributed by atoms with E-state index in [0.29, 0.717) is 6.42 Å². The number of hydrogen-bond donors (Lipinski definition) is 1. The first kappa shape index (κ1) is 12.6. The molecular weight excluding hydrogens is 278 g/mol. The molecule has 0 bridgehead atoms. The lowest BCUT2D eigenvalue weighted by Crippen LogP contribution is -2.33. The van der Waals surface area contributed by atoms with Gasteiger partial charge < -0.3 is 5.73 Å². The predicted molar refractivity (Wildman–Crippen MR) is 72.8 cm³/mol. The summed E-state index contributed by atoms with van der Waals surface area (Å²) in [6.07, 6.45) is 4.22. The second-order valence-corrected chi connectivity index (χ2v) is 6.30. The molecule has 0 unspecified atom stereocenters. The standard InChI is InChI=1S/C14H18BrNO/c1-14(2,13(16)17)8-11-10-5-3-4-9(10)6-7-12(11)15/h6-7H,3-5,8H2,1-2H3,(H2,16,17). The molecule has 2 nitrogen and oxygen atoms in total. The summed E-state index contributed by atoms with van der Waals surface area (Å²) in [4.78, 5) is 11.4. The van der Waals surface area contributed by atoms with Gasteiger partial charge in [0.25, 0.3) is 0 Å². The van der Waals surface area contributed by atoms with Crippen molar-refractivity contribution in [2.24, 2.45) is 11.1 Å². The zero-order chi connectivity index (χ0) is 12.6. The number of halogens is 1. The van der Waals surface area contributed by atoms with E-state index in [1.54, 1.807) is 0 Å². The van der Waals surface area contributed by atoms with Crippen molar-refractivity contribution in [3.05, 3.63) is 33.3 Å². The number of nitrogens with two attached hydrogens (primary N) is 1. The Balaban J connectivity index is 2.39. The highest BCUT2D eigenvalue weighted by Crippen LogP contribution is 2.34. The Morgan fingerprint density at radius 3 is 2.76 bits per heavy atom. The molecule has 2 rings (SSSR count). The second-order valence-electron chi connectivity index (χ2n) is 5.44. The van der Waals surface area contributed by atoms with E-state index in [1.165, 1.54) is 23.1 Å². The highest BCUT2D eigenvalue weighted by Gasteiger charge is 2.28. The van der Waals surface area contributed by atoms with E-state index < -0.39 is 5.41 Å². The van der Waals surface area contributed by atoms with E-state index in [2.05, 4.69) is 28.1 Å². The van der Waals surface area contributed by atoms with E-state index >= 15 is 0 Å². The third-order valence-corrected chi connectivity index (χ3v) is 4.37. The lowest BCUT2D eigenvalue weighted by atomic mass is 9.83. The van der Waals surface area contributed by atoms with Crippen LogP contribution in [0, 0.1) is 5.41 Å². The molecule has 0 radical (unpaired) electrons. The van der Waals surface area contributed by atoms with Gasteiger partial charge in [-0.3, -0.25) is 4.79 Å². The van der Waals surface area contributed by atoms with E-state index in [-0.39, 0.29) is 5.91 Å². The molecule has 1 aromatic rings. The van der Waals surface area contributed by atoms with Crippen LogP contribution in [0.25, 0.3) is 0 Å². The van der Waals surface area contributed by atoms with Crippen molar-refractivity contribution >= 4 is 21.8 Å². The van der Waals surface area contributed by atoms with Crippen molar-refractivity contribution in [3.8, 4) is 0 Å². The molecule has 0 aliphatic heterocycles. The molecule has 0 aromatic heterocycles. The van der Waals surface area contributed by atoms with Gasteiger partial charge in [-0.2, -0.15) is 0 Å². The summed E-state index contributed by atoms with van der Waals surface area (Å²) in [6.45, 7) is 3.83. The fourth-order valence-corrected chi connectivity index (χ4v) is 2.95. The number of rotatable bonds is 3. The van der Waals surface area contributed by atoms with Crippen molar-refractivity contribution in [2.75, 3.05) is 0 Å². The van der Waals surface area contributed by atoms with Crippen LogP contribution in [0.1, 0.15) is 37.0 Å². The Hall–Kier alpha value is -0.830. The molecule has 1 aromatic carbocycles. The van der Waals surface area contributed by atoms with Gasteiger partial charge in [-0.15, -0.1) is 0 Å². The minimum absolute atomic E-state index is 0.236. The van der Waals surface area contributed by atoms with Crippen molar-refractivity contribution < 1.29 is 4.79 Å². The van der Waals surface area contributed by atoms with Gasteiger partial charge in [0.1, 0.15) is 0 Å². The second kappa shape index (κ2) is 4.45. The Morgan fingerprint density at radius 1 is 1.41 bits per heavy atom. The summed E-state index contributed by atoms with van der Waals surface area (Å²) in [5.74, 6) is -0.236. The molecule has 1 aliphatic rings. The topological polar surface area (TPSA) is 43.1 Å². The van der Waals surface area contributed by atoms with Crippen LogP contribution in [-0.4, -0.2) is 5.91 Å². The fourth-order valence-electron chi connectivity index (χ4n) is 2.43. The summed E-state index contributed by atoms with van der Waals surface area (Å²) in [7, 11) is 0. The maximum Gasteiger partial charge on any atom is 0.223 e. The maximum atomic E-state index is 11.4. The molecule has 0 fully saturated rings. The summed E-state index contributed by atoms with van der Waals surface area (Å²) in [5.41, 5.74) is 9.10. The van der Waals surface area contributed by atoms with Gasteiger partial charge in [0.05, 0.1) is 0 Å². The third-order valence-electron chi connectivity index (χ3n) is 3.63. The molecule has 17 heavy (non-hydrogen) atoms. The van der Waals surface area contributed by atoms with Gasteiger partial charge in [-0.1, -0.05) is 35.8 Å². The Kier molecular flexibility index (Phi) is 3.30. The van der Waals surface area contributed by atoms with Crippen LogP contribution in [0.3, 0.4) is 0 Å². The van der Waals surface area contributed by atoms with E-state index in [0.717, 1.165) is 17.3 Å². The van der Waals surface area contributed by atoms with Crippen LogP contribution in [-0.2, 0) is 24.1 Å². The molecule has 0 heterocycles. The number of amides is 1. The maximum absolute atomic E-state index is 11.4. The average Bonchev–Trinajstić information content (AvgIpc) is 2.70. The SMILES string of the molecule is CC(C)(Cc1c(Br)ccc2c1CCC2)C(N)=O. The molecule has 0 atom stereocenters. The number of primary amides is 1. The van der Waals surface area contributed by atoms with E-state index in [1.807, 2.05) is 13.8 Å². The molecule has 0 saturated carbocycles. The number of carbonyl (C=O) groups is 1. The van der Waals surface area contributed by atoms with E-state index in [4.69, 9.17) is 5.73 Å². The number of carbonyl (C=O) groups excluding carboxylic acids is 1. The van der Waals surface area contributed by atoms with Crippen LogP contribution in [0.5, 0.6) is 0 Å². The summed E-state index contributed by atoms with van der Waals surface area (Å²) in [6, 6.07) is 4.28. The Morgan fingerprint density at radius 2 is 2.12 bits per heavy atom. The first-order chi connectivity index (χ1) is 7.92.